The maximum Gasteiger partial charge on any atom is 0.0320 e. The Morgan fingerprint density at radius 1 is 1.07 bits per heavy atom. The molecule has 1 unspecified atom stereocenters. The Morgan fingerprint density at radius 2 is 1.80 bits per heavy atom. The van der Waals surface area contributed by atoms with Gasteiger partial charge < -0.3 is 5.32 Å². The summed E-state index contributed by atoms with van der Waals surface area (Å²) >= 11 is 2.06. The highest BCUT2D eigenvalue weighted by Crippen LogP contribution is 2.34. The Hall–Kier alpha value is -0.470. The fraction of sp³-hybridized carbons (Fsp3) is 0.538. The number of nitrogens with one attached hydrogen (secondary N) is 1. The first-order chi connectivity index (χ1) is 7.43. The zero-order valence-electron chi connectivity index (χ0n) is 8.91. The Bertz CT molecular complexity index is 323. The maximum absolute atomic E-state index is 3.55. The van der Waals surface area contributed by atoms with E-state index in [2.05, 4.69) is 41.3 Å². The molecule has 1 atom stereocenters. The van der Waals surface area contributed by atoms with Crippen molar-refractivity contribution >= 4 is 11.8 Å². The fourth-order valence-corrected chi connectivity index (χ4v) is 3.25. The van der Waals surface area contributed by atoms with Crippen LogP contribution in [0.4, 0.5) is 0 Å². The minimum Gasteiger partial charge on any atom is -0.310 e. The van der Waals surface area contributed by atoms with Crippen molar-refractivity contribution in [3.05, 3.63) is 35.4 Å². The zero-order chi connectivity index (χ0) is 10.1. The number of hydrogen-bond donors (Lipinski definition) is 1. The van der Waals surface area contributed by atoms with Gasteiger partial charge >= 0.3 is 0 Å². The quantitative estimate of drug-likeness (QED) is 0.821. The topological polar surface area (TPSA) is 12.0 Å². The van der Waals surface area contributed by atoms with Crippen LogP contribution in [0.5, 0.6) is 0 Å². The molecule has 2 aliphatic heterocycles. The Labute approximate surface area is 95.6 Å². The fourth-order valence-electron chi connectivity index (χ4n) is 2.40. The summed E-state index contributed by atoms with van der Waals surface area (Å²) in [5.74, 6) is 3.47. The van der Waals surface area contributed by atoms with Crippen LogP contribution in [0.1, 0.15) is 35.9 Å². The molecule has 0 radical (unpaired) electrons. The van der Waals surface area contributed by atoms with Crippen LogP contribution in [-0.4, -0.2) is 18.1 Å². The van der Waals surface area contributed by atoms with Gasteiger partial charge in [0.05, 0.1) is 0 Å². The van der Waals surface area contributed by atoms with Gasteiger partial charge in [0, 0.05) is 23.5 Å². The molecule has 1 aromatic rings. The van der Waals surface area contributed by atoms with E-state index in [1.165, 1.54) is 42.0 Å². The average Bonchev–Trinajstić information content (AvgIpc) is 2.69. The molecule has 0 aromatic heterocycles. The van der Waals surface area contributed by atoms with Crippen molar-refractivity contribution in [3.63, 3.8) is 0 Å². The number of thioether (sulfide) groups is 1. The van der Waals surface area contributed by atoms with E-state index in [0.29, 0.717) is 6.04 Å². The molecule has 2 aliphatic rings. The molecule has 15 heavy (non-hydrogen) atoms. The predicted octanol–water partition coefficient (Wildman–Crippen LogP) is 2.94. The van der Waals surface area contributed by atoms with E-state index >= 15 is 0 Å². The first-order valence-corrected chi connectivity index (χ1v) is 7.00. The molecular formula is C13H17NS. The van der Waals surface area contributed by atoms with Crippen LogP contribution in [0, 0.1) is 0 Å². The van der Waals surface area contributed by atoms with Gasteiger partial charge in [0.25, 0.3) is 0 Å². The molecule has 2 heteroatoms. The van der Waals surface area contributed by atoms with E-state index in [1.807, 2.05) is 0 Å². The smallest absolute Gasteiger partial charge is 0.0320 e. The summed E-state index contributed by atoms with van der Waals surface area (Å²) < 4.78 is 0. The lowest BCUT2D eigenvalue weighted by molar-refractivity contribution is 0.647. The van der Waals surface area contributed by atoms with Crippen LogP contribution in [0.25, 0.3) is 0 Å². The van der Waals surface area contributed by atoms with Gasteiger partial charge in [0.15, 0.2) is 0 Å². The van der Waals surface area contributed by atoms with Crippen molar-refractivity contribution in [2.75, 3.05) is 18.1 Å². The minimum absolute atomic E-state index is 0.620. The van der Waals surface area contributed by atoms with Gasteiger partial charge in [-0.3, -0.25) is 0 Å². The van der Waals surface area contributed by atoms with E-state index in [0.717, 1.165) is 5.92 Å². The molecule has 0 bridgehead atoms. The van der Waals surface area contributed by atoms with E-state index in [1.54, 1.807) is 0 Å². The summed E-state index contributed by atoms with van der Waals surface area (Å²) in [5.41, 5.74) is 3.01. The van der Waals surface area contributed by atoms with Crippen molar-refractivity contribution in [1.29, 1.82) is 0 Å². The first kappa shape index (κ1) is 9.73. The highest BCUT2D eigenvalue weighted by atomic mass is 32.2. The standard InChI is InChI=1S/C13H17NS/c1-2-13(14-7-1)11-5-3-10(4-6-11)12-8-15-9-12/h3-6,12-14H,1-2,7-9H2. The van der Waals surface area contributed by atoms with E-state index in [4.69, 9.17) is 0 Å². The van der Waals surface area contributed by atoms with Crippen LogP contribution in [0.15, 0.2) is 24.3 Å². The molecule has 1 aromatic carbocycles. The highest BCUT2D eigenvalue weighted by molar-refractivity contribution is 8.00. The van der Waals surface area contributed by atoms with Crippen molar-refractivity contribution in [2.24, 2.45) is 0 Å². The minimum atomic E-state index is 0.620. The average molecular weight is 219 g/mol. The Kier molecular flexibility index (Phi) is 2.72. The van der Waals surface area contributed by atoms with Gasteiger partial charge in [-0.1, -0.05) is 24.3 Å². The summed E-state index contributed by atoms with van der Waals surface area (Å²) in [4.78, 5) is 0. The molecule has 2 fully saturated rings. The van der Waals surface area contributed by atoms with Crippen molar-refractivity contribution in [1.82, 2.24) is 5.32 Å². The number of rotatable bonds is 2. The van der Waals surface area contributed by atoms with Crippen LogP contribution in [0.2, 0.25) is 0 Å². The Balaban J connectivity index is 1.74. The van der Waals surface area contributed by atoms with Gasteiger partial charge in [0.2, 0.25) is 0 Å². The van der Waals surface area contributed by atoms with Gasteiger partial charge in [-0.25, -0.2) is 0 Å². The van der Waals surface area contributed by atoms with Gasteiger partial charge in [0.1, 0.15) is 0 Å². The van der Waals surface area contributed by atoms with Crippen molar-refractivity contribution < 1.29 is 0 Å². The maximum atomic E-state index is 3.55. The molecule has 2 saturated heterocycles. The molecule has 0 spiro atoms. The molecule has 0 amide bonds. The third-order valence-corrected chi connectivity index (χ3v) is 4.78. The van der Waals surface area contributed by atoms with Gasteiger partial charge in [-0.2, -0.15) is 11.8 Å². The molecule has 2 heterocycles. The molecule has 1 nitrogen and oxygen atoms in total. The lowest BCUT2D eigenvalue weighted by Gasteiger charge is -2.25. The predicted molar refractivity (Wildman–Crippen MR) is 66.5 cm³/mol. The zero-order valence-corrected chi connectivity index (χ0v) is 9.72. The second-order valence-electron chi connectivity index (χ2n) is 4.55. The molecule has 0 saturated carbocycles. The molecule has 80 valence electrons. The van der Waals surface area contributed by atoms with Gasteiger partial charge in [-0.15, -0.1) is 0 Å². The lowest BCUT2D eigenvalue weighted by atomic mass is 9.98. The highest BCUT2D eigenvalue weighted by Gasteiger charge is 2.21. The first-order valence-electron chi connectivity index (χ1n) is 5.84. The Morgan fingerprint density at radius 3 is 2.33 bits per heavy atom. The van der Waals surface area contributed by atoms with E-state index in [-0.39, 0.29) is 0 Å². The van der Waals surface area contributed by atoms with E-state index < -0.39 is 0 Å². The normalized spacial score (nSPS) is 26.5. The summed E-state index contributed by atoms with van der Waals surface area (Å²) in [6.07, 6.45) is 2.63. The molecule has 3 rings (SSSR count). The molecule has 0 aliphatic carbocycles. The van der Waals surface area contributed by atoms with Crippen molar-refractivity contribution in [2.45, 2.75) is 24.8 Å². The summed E-state index contributed by atoms with van der Waals surface area (Å²) in [6, 6.07) is 9.93. The second-order valence-corrected chi connectivity index (χ2v) is 5.62. The molecular weight excluding hydrogens is 202 g/mol. The number of benzene rings is 1. The summed E-state index contributed by atoms with van der Waals surface area (Å²) in [7, 11) is 0. The lowest BCUT2D eigenvalue weighted by Crippen LogP contribution is -2.16. The number of hydrogen-bond acceptors (Lipinski definition) is 2. The van der Waals surface area contributed by atoms with Crippen molar-refractivity contribution in [3.8, 4) is 0 Å². The largest absolute Gasteiger partial charge is 0.310 e. The second kappa shape index (κ2) is 4.18. The summed E-state index contributed by atoms with van der Waals surface area (Å²) in [6.45, 7) is 1.19. The van der Waals surface area contributed by atoms with Gasteiger partial charge in [-0.05, 0) is 30.5 Å². The van der Waals surface area contributed by atoms with Crippen LogP contribution >= 0.6 is 11.8 Å². The summed E-state index contributed by atoms with van der Waals surface area (Å²) in [5, 5.41) is 3.55. The SMILES string of the molecule is c1cc(C2CCCN2)ccc1C1CSC1. The third-order valence-electron chi connectivity index (χ3n) is 3.51. The van der Waals surface area contributed by atoms with Crippen LogP contribution in [-0.2, 0) is 0 Å². The molecule has 1 N–H and O–H groups in total. The van der Waals surface area contributed by atoms with Crippen LogP contribution in [0.3, 0.4) is 0 Å². The van der Waals surface area contributed by atoms with E-state index in [9.17, 15) is 0 Å². The third kappa shape index (κ3) is 1.93. The monoisotopic (exact) mass is 219 g/mol. The van der Waals surface area contributed by atoms with Crippen LogP contribution < -0.4 is 5.32 Å².